The zero-order valence-electron chi connectivity index (χ0n) is 8.24. The predicted molar refractivity (Wildman–Crippen MR) is 48.6 cm³/mol. The molecule has 11 heavy (non-hydrogen) atoms. The lowest BCUT2D eigenvalue weighted by molar-refractivity contribution is -0.127. The Morgan fingerprint density at radius 3 is 1.73 bits per heavy atom. The van der Waals surface area contributed by atoms with E-state index in [2.05, 4.69) is 20.8 Å². The molecule has 0 saturated carbocycles. The van der Waals surface area contributed by atoms with Gasteiger partial charge in [-0.15, -0.1) is 0 Å². The Kier molecular flexibility index (Phi) is 4.39. The molecule has 0 N–H and O–H groups in total. The van der Waals surface area contributed by atoms with Gasteiger partial charge in [-0.2, -0.15) is 0 Å². The van der Waals surface area contributed by atoms with Gasteiger partial charge >= 0.3 is 0 Å². The van der Waals surface area contributed by atoms with Crippen molar-refractivity contribution in [1.82, 2.24) is 0 Å². The number of carbonyl (C=O) groups excluding carboxylic acids is 1. The first-order valence-corrected chi connectivity index (χ1v) is 4.64. The van der Waals surface area contributed by atoms with E-state index in [4.69, 9.17) is 0 Å². The average molecular weight is 156 g/mol. The van der Waals surface area contributed by atoms with Crippen molar-refractivity contribution in [3.63, 3.8) is 0 Å². The molecule has 66 valence electrons. The van der Waals surface area contributed by atoms with Crippen LogP contribution in [0.15, 0.2) is 0 Å². The molecule has 0 rings (SSSR count). The Morgan fingerprint density at radius 1 is 1.18 bits per heavy atom. The third kappa shape index (κ3) is 2.32. The fourth-order valence-electron chi connectivity index (χ4n) is 1.76. The second-order valence-corrected chi connectivity index (χ2v) is 3.29. The van der Waals surface area contributed by atoms with E-state index in [1.165, 1.54) is 0 Å². The minimum absolute atomic E-state index is 0.00521. The fraction of sp³-hybridized carbons (Fsp3) is 0.900. The molecular formula is C10H20O. The van der Waals surface area contributed by atoms with Gasteiger partial charge in [-0.05, 0) is 26.2 Å². The van der Waals surface area contributed by atoms with Crippen LogP contribution >= 0.6 is 0 Å². The van der Waals surface area contributed by atoms with E-state index in [-0.39, 0.29) is 5.41 Å². The van der Waals surface area contributed by atoms with Crippen LogP contribution in [0.25, 0.3) is 0 Å². The average Bonchev–Trinajstić information content (AvgIpc) is 2.00. The first-order valence-electron chi connectivity index (χ1n) is 4.64. The zero-order chi connectivity index (χ0) is 8.91. The van der Waals surface area contributed by atoms with Gasteiger partial charge in [0.25, 0.3) is 0 Å². The third-order valence-electron chi connectivity index (χ3n) is 2.83. The summed E-state index contributed by atoms with van der Waals surface area (Å²) in [7, 11) is 0. The summed E-state index contributed by atoms with van der Waals surface area (Å²) in [6.07, 6.45) is 4.15. The summed E-state index contributed by atoms with van der Waals surface area (Å²) in [6.45, 7) is 8.09. The van der Waals surface area contributed by atoms with Crippen molar-refractivity contribution in [2.24, 2.45) is 5.41 Å². The van der Waals surface area contributed by atoms with E-state index in [0.717, 1.165) is 25.7 Å². The van der Waals surface area contributed by atoms with Crippen LogP contribution in [0.4, 0.5) is 0 Å². The first kappa shape index (κ1) is 10.7. The maximum absolute atomic E-state index is 11.3. The van der Waals surface area contributed by atoms with Gasteiger partial charge in [-0.25, -0.2) is 0 Å². The molecule has 0 radical (unpaired) electrons. The molecule has 0 bridgehead atoms. The number of Topliss-reactive ketones (excluding diaryl/α,β-unsaturated/α-hetero) is 1. The Hall–Kier alpha value is -0.330. The standard InChI is InChI=1S/C10H20O/c1-5-8-10(6-2,7-3)9(4)11/h5-8H2,1-4H3. The lowest BCUT2D eigenvalue weighted by atomic mass is 9.75. The molecule has 0 aromatic rings. The molecule has 0 saturated heterocycles. The lowest BCUT2D eigenvalue weighted by Crippen LogP contribution is -2.27. The van der Waals surface area contributed by atoms with E-state index >= 15 is 0 Å². The maximum Gasteiger partial charge on any atom is 0.135 e. The van der Waals surface area contributed by atoms with E-state index in [1.807, 2.05) is 0 Å². The van der Waals surface area contributed by atoms with Crippen LogP contribution in [0, 0.1) is 5.41 Å². The lowest BCUT2D eigenvalue weighted by Gasteiger charge is -2.27. The predicted octanol–water partition coefficient (Wildman–Crippen LogP) is 3.18. The van der Waals surface area contributed by atoms with E-state index in [1.54, 1.807) is 6.92 Å². The van der Waals surface area contributed by atoms with Crippen LogP contribution in [-0.2, 0) is 4.79 Å². The van der Waals surface area contributed by atoms with Gasteiger partial charge < -0.3 is 0 Å². The van der Waals surface area contributed by atoms with Gasteiger partial charge in [0.2, 0.25) is 0 Å². The minimum atomic E-state index is -0.00521. The van der Waals surface area contributed by atoms with E-state index < -0.39 is 0 Å². The fourth-order valence-corrected chi connectivity index (χ4v) is 1.76. The largest absolute Gasteiger partial charge is 0.299 e. The highest BCUT2D eigenvalue weighted by Gasteiger charge is 2.29. The van der Waals surface area contributed by atoms with Gasteiger partial charge in [0.05, 0.1) is 0 Å². The number of rotatable bonds is 5. The molecule has 0 heterocycles. The number of hydrogen-bond acceptors (Lipinski definition) is 1. The van der Waals surface area contributed by atoms with Crippen LogP contribution < -0.4 is 0 Å². The number of carbonyl (C=O) groups is 1. The molecule has 0 aliphatic carbocycles. The first-order chi connectivity index (χ1) is 5.13. The van der Waals surface area contributed by atoms with Crippen molar-refractivity contribution in [1.29, 1.82) is 0 Å². The molecule has 0 aliphatic rings. The smallest absolute Gasteiger partial charge is 0.135 e. The van der Waals surface area contributed by atoms with Crippen molar-refractivity contribution in [2.75, 3.05) is 0 Å². The Morgan fingerprint density at radius 2 is 1.64 bits per heavy atom. The summed E-state index contributed by atoms with van der Waals surface area (Å²) in [5.41, 5.74) is -0.00521. The van der Waals surface area contributed by atoms with Gasteiger partial charge in [0, 0.05) is 5.41 Å². The Balaban J connectivity index is 4.32. The van der Waals surface area contributed by atoms with Gasteiger partial charge in [-0.3, -0.25) is 4.79 Å². The normalized spacial score (nSPS) is 11.6. The second kappa shape index (κ2) is 4.53. The number of hydrogen-bond donors (Lipinski definition) is 0. The molecule has 0 atom stereocenters. The molecule has 0 amide bonds. The SMILES string of the molecule is CCCC(CC)(CC)C(C)=O. The summed E-state index contributed by atoms with van der Waals surface area (Å²) in [5.74, 6) is 0.365. The third-order valence-corrected chi connectivity index (χ3v) is 2.83. The second-order valence-electron chi connectivity index (χ2n) is 3.29. The molecule has 0 aromatic carbocycles. The maximum atomic E-state index is 11.3. The monoisotopic (exact) mass is 156 g/mol. The Labute approximate surface area is 70.2 Å². The molecule has 0 aliphatic heterocycles. The van der Waals surface area contributed by atoms with Crippen molar-refractivity contribution in [3.8, 4) is 0 Å². The highest BCUT2D eigenvalue weighted by Crippen LogP contribution is 2.32. The minimum Gasteiger partial charge on any atom is -0.299 e. The topological polar surface area (TPSA) is 17.1 Å². The molecule has 1 nitrogen and oxygen atoms in total. The van der Waals surface area contributed by atoms with E-state index in [9.17, 15) is 4.79 Å². The zero-order valence-corrected chi connectivity index (χ0v) is 8.24. The molecule has 1 heteroatoms. The van der Waals surface area contributed by atoms with Crippen LogP contribution in [-0.4, -0.2) is 5.78 Å². The van der Waals surface area contributed by atoms with Crippen LogP contribution in [0.1, 0.15) is 53.4 Å². The number of ketones is 1. The summed E-state index contributed by atoms with van der Waals surface area (Å²) >= 11 is 0. The van der Waals surface area contributed by atoms with Gasteiger partial charge in [0.15, 0.2) is 0 Å². The van der Waals surface area contributed by atoms with Crippen molar-refractivity contribution in [2.45, 2.75) is 53.4 Å². The van der Waals surface area contributed by atoms with Crippen LogP contribution in [0.5, 0.6) is 0 Å². The van der Waals surface area contributed by atoms with Crippen molar-refractivity contribution < 1.29 is 4.79 Å². The molecule has 0 fully saturated rings. The van der Waals surface area contributed by atoms with Gasteiger partial charge in [0.1, 0.15) is 5.78 Å². The van der Waals surface area contributed by atoms with Crippen molar-refractivity contribution in [3.05, 3.63) is 0 Å². The van der Waals surface area contributed by atoms with Crippen LogP contribution in [0.3, 0.4) is 0 Å². The molecule has 0 unspecified atom stereocenters. The highest BCUT2D eigenvalue weighted by molar-refractivity contribution is 5.82. The van der Waals surface area contributed by atoms with E-state index in [0.29, 0.717) is 5.78 Å². The summed E-state index contributed by atoms with van der Waals surface area (Å²) in [5, 5.41) is 0. The highest BCUT2D eigenvalue weighted by atomic mass is 16.1. The van der Waals surface area contributed by atoms with Crippen molar-refractivity contribution >= 4 is 5.78 Å². The Bertz CT molecular complexity index is 123. The molecular weight excluding hydrogens is 136 g/mol. The van der Waals surface area contributed by atoms with Gasteiger partial charge in [-0.1, -0.05) is 27.2 Å². The summed E-state index contributed by atoms with van der Waals surface area (Å²) in [6, 6.07) is 0. The summed E-state index contributed by atoms with van der Waals surface area (Å²) in [4.78, 5) is 11.3. The molecule has 0 spiro atoms. The summed E-state index contributed by atoms with van der Waals surface area (Å²) < 4.78 is 0. The molecule has 0 aromatic heterocycles. The van der Waals surface area contributed by atoms with Crippen LogP contribution in [0.2, 0.25) is 0 Å². The quantitative estimate of drug-likeness (QED) is 0.597.